The minimum atomic E-state index is -4.57. The first-order valence-electron chi connectivity index (χ1n) is 7.63. The maximum Gasteiger partial charge on any atom is 0.406 e. The first-order chi connectivity index (χ1) is 12.3. The lowest BCUT2D eigenvalue weighted by Gasteiger charge is -2.17. The Morgan fingerprint density at radius 1 is 1.04 bits per heavy atom. The van der Waals surface area contributed by atoms with Crippen LogP contribution in [0.1, 0.15) is 0 Å². The highest BCUT2D eigenvalue weighted by Crippen LogP contribution is 2.36. The molecule has 0 radical (unpaired) electrons. The molecule has 0 atom stereocenters. The molecule has 3 aromatic rings. The van der Waals surface area contributed by atoms with E-state index in [1.165, 1.54) is 26.4 Å². The number of halogens is 3. The summed E-state index contributed by atoms with van der Waals surface area (Å²) in [6.07, 6.45) is -4.57. The second-order valence-corrected chi connectivity index (χ2v) is 5.53. The Bertz CT molecular complexity index is 998. The molecule has 0 unspecified atom stereocenters. The molecule has 0 saturated carbocycles. The van der Waals surface area contributed by atoms with Gasteiger partial charge in [-0.2, -0.15) is 18.2 Å². The van der Waals surface area contributed by atoms with Crippen molar-refractivity contribution >= 4 is 10.9 Å². The Kier molecular flexibility index (Phi) is 4.58. The molecular formula is C18H15F3N2O3. The smallest absolute Gasteiger partial charge is 0.406 e. The third-order valence-electron chi connectivity index (χ3n) is 3.87. The van der Waals surface area contributed by atoms with Gasteiger partial charge in [0.1, 0.15) is 6.54 Å². The van der Waals surface area contributed by atoms with Gasteiger partial charge in [-0.3, -0.25) is 4.57 Å². The van der Waals surface area contributed by atoms with Gasteiger partial charge in [-0.05, 0) is 6.07 Å². The van der Waals surface area contributed by atoms with E-state index in [2.05, 4.69) is 4.98 Å². The zero-order valence-electron chi connectivity index (χ0n) is 14.0. The van der Waals surface area contributed by atoms with E-state index in [4.69, 9.17) is 9.47 Å². The van der Waals surface area contributed by atoms with Crippen molar-refractivity contribution < 1.29 is 22.6 Å². The number of alkyl halides is 3. The van der Waals surface area contributed by atoms with Gasteiger partial charge in [0, 0.05) is 17.0 Å². The van der Waals surface area contributed by atoms with Gasteiger partial charge in [-0.1, -0.05) is 30.3 Å². The summed E-state index contributed by atoms with van der Waals surface area (Å²) in [7, 11) is 2.79. The van der Waals surface area contributed by atoms with E-state index in [1.807, 2.05) is 0 Å². The van der Waals surface area contributed by atoms with Crippen LogP contribution < -0.4 is 15.2 Å². The molecule has 0 spiro atoms. The van der Waals surface area contributed by atoms with Crippen molar-refractivity contribution in [3.63, 3.8) is 0 Å². The lowest BCUT2D eigenvalue weighted by atomic mass is 10.1. The van der Waals surface area contributed by atoms with Gasteiger partial charge in [-0.25, -0.2) is 4.79 Å². The van der Waals surface area contributed by atoms with Crippen LogP contribution in [-0.4, -0.2) is 29.9 Å². The average molecular weight is 364 g/mol. The van der Waals surface area contributed by atoms with Gasteiger partial charge in [0.2, 0.25) is 0 Å². The van der Waals surface area contributed by atoms with Crippen LogP contribution in [0, 0.1) is 0 Å². The molecule has 2 aromatic carbocycles. The largest absolute Gasteiger partial charge is 0.493 e. The predicted octanol–water partition coefficient (Wildman–Crippen LogP) is 3.64. The summed E-state index contributed by atoms with van der Waals surface area (Å²) in [5.74, 6) is 0.553. The second kappa shape index (κ2) is 6.70. The van der Waals surface area contributed by atoms with E-state index in [1.54, 1.807) is 30.3 Å². The summed E-state index contributed by atoms with van der Waals surface area (Å²) in [5.41, 5.74) is -0.0225. The van der Waals surface area contributed by atoms with Gasteiger partial charge in [-0.15, -0.1) is 0 Å². The number of hydrogen-bond donors (Lipinski definition) is 0. The molecule has 0 fully saturated rings. The monoisotopic (exact) mass is 364 g/mol. The second-order valence-electron chi connectivity index (χ2n) is 5.53. The van der Waals surface area contributed by atoms with Gasteiger partial charge in [0.15, 0.2) is 11.5 Å². The fourth-order valence-electron chi connectivity index (χ4n) is 2.75. The van der Waals surface area contributed by atoms with Crippen molar-refractivity contribution in [2.45, 2.75) is 12.7 Å². The average Bonchev–Trinajstić information content (AvgIpc) is 2.62. The van der Waals surface area contributed by atoms with Crippen molar-refractivity contribution in [2.75, 3.05) is 14.2 Å². The molecule has 1 heterocycles. The molecule has 0 aliphatic heterocycles. The van der Waals surface area contributed by atoms with E-state index >= 15 is 0 Å². The first kappa shape index (κ1) is 17.8. The molecule has 136 valence electrons. The van der Waals surface area contributed by atoms with E-state index in [9.17, 15) is 18.0 Å². The predicted molar refractivity (Wildman–Crippen MR) is 90.6 cm³/mol. The summed E-state index contributed by atoms with van der Waals surface area (Å²) in [5, 5.41) is 0.359. The molecule has 5 nitrogen and oxygen atoms in total. The summed E-state index contributed by atoms with van der Waals surface area (Å²) in [6.45, 7) is -1.44. The lowest BCUT2D eigenvalue weighted by Crippen LogP contribution is -2.30. The summed E-state index contributed by atoms with van der Waals surface area (Å²) >= 11 is 0. The Morgan fingerprint density at radius 3 is 2.23 bits per heavy atom. The van der Waals surface area contributed by atoms with Crippen molar-refractivity contribution in [2.24, 2.45) is 0 Å². The van der Waals surface area contributed by atoms with E-state index in [-0.39, 0.29) is 17.0 Å². The van der Waals surface area contributed by atoms with Crippen LogP contribution in [0.25, 0.3) is 22.2 Å². The van der Waals surface area contributed by atoms with E-state index in [0.717, 1.165) is 0 Å². The highest BCUT2D eigenvalue weighted by molar-refractivity contribution is 5.94. The Hall–Kier alpha value is -3.03. The first-order valence-corrected chi connectivity index (χ1v) is 7.63. The summed E-state index contributed by atoms with van der Waals surface area (Å²) in [4.78, 5) is 16.2. The van der Waals surface area contributed by atoms with Gasteiger partial charge in [0.25, 0.3) is 0 Å². The number of rotatable bonds is 4. The highest BCUT2D eigenvalue weighted by atomic mass is 19.4. The number of methoxy groups -OCH3 is 2. The quantitative estimate of drug-likeness (QED) is 0.709. The van der Waals surface area contributed by atoms with Crippen LogP contribution in [0.2, 0.25) is 0 Å². The number of fused-ring (bicyclic) bond motifs is 1. The molecule has 0 saturated heterocycles. The normalized spacial score (nSPS) is 11.6. The van der Waals surface area contributed by atoms with Crippen LogP contribution in [0.3, 0.4) is 0 Å². The zero-order valence-corrected chi connectivity index (χ0v) is 14.0. The van der Waals surface area contributed by atoms with Gasteiger partial charge >= 0.3 is 11.9 Å². The standard InChI is InChI=1S/C18H15F3N2O3/c1-25-14-8-12-13(9-15(14)26-2)23(10-18(19,20)21)17(24)22-16(12)11-6-4-3-5-7-11/h3-9H,10H2,1-2H3. The minimum absolute atomic E-state index is 0.0684. The number of nitrogens with zero attached hydrogens (tertiary/aromatic N) is 2. The summed E-state index contributed by atoms with van der Waals surface area (Å²) < 4.78 is 49.9. The van der Waals surface area contributed by atoms with Crippen molar-refractivity contribution in [3.05, 3.63) is 52.9 Å². The minimum Gasteiger partial charge on any atom is -0.493 e. The Morgan fingerprint density at radius 2 is 1.65 bits per heavy atom. The third-order valence-corrected chi connectivity index (χ3v) is 3.87. The number of aromatic nitrogens is 2. The van der Waals surface area contributed by atoms with Crippen LogP contribution in [0.5, 0.6) is 11.5 Å². The maximum absolute atomic E-state index is 13.0. The fraction of sp³-hybridized carbons (Fsp3) is 0.222. The number of hydrogen-bond acceptors (Lipinski definition) is 4. The molecule has 0 N–H and O–H groups in total. The van der Waals surface area contributed by atoms with Crippen LogP contribution in [0.15, 0.2) is 47.3 Å². The van der Waals surface area contributed by atoms with Crippen molar-refractivity contribution in [3.8, 4) is 22.8 Å². The van der Waals surface area contributed by atoms with Crippen molar-refractivity contribution in [1.82, 2.24) is 9.55 Å². The molecule has 1 aromatic heterocycles. The van der Waals surface area contributed by atoms with Crippen LogP contribution >= 0.6 is 0 Å². The molecule has 0 aliphatic rings. The van der Waals surface area contributed by atoms with E-state index < -0.39 is 18.4 Å². The van der Waals surface area contributed by atoms with Gasteiger partial charge < -0.3 is 9.47 Å². The van der Waals surface area contributed by atoms with E-state index in [0.29, 0.717) is 21.3 Å². The highest BCUT2D eigenvalue weighted by Gasteiger charge is 2.30. The van der Waals surface area contributed by atoms with Crippen LogP contribution in [0.4, 0.5) is 13.2 Å². The van der Waals surface area contributed by atoms with Gasteiger partial charge in [0.05, 0.1) is 25.4 Å². The molecule has 3 rings (SSSR count). The molecule has 0 aliphatic carbocycles. The van der Waals surface area contributed by atoms with Crippen LogP contribution in [-0.2, 0) is 6.54 Å². The molecule has 0 amide bonds. The molecule has 0 bridgehead atoms. The maximum atomic E-state index is 13.0. The molecular weight excluding hydrogens is 349 g/mol. The topological polar surface area (TPSA) is 53.3 Å². The SMILES string of the molecule is COc1cc2c(-c3ccccc3)nc(=O)n(CC(F)(F)F)c2cc1OC. The molecule has 26 heavy (non-hydrogen) atoms. The lowest BCUT2D eigenvalue weighted by molar-refractivity contribution is -0.140. The number of benzene rings is 2. The number of ether oxygens (including phenoxy) is 2. The molecule has 8 heteroatoms. The third kappa shape index (κ3) is 3.35. The zero-order chi connectivity index (χ0) is 18.9. The Balaban J connectivity index is 2.40. The summed E-state index contributed by atoms with van der Waals surface area (Å²) in [6, 6.07) is 11.6. The van der Waals surface area contributed by atoms with Crippen molar-refractivity contribution in [1.29, 1.82) is 0 Å². The fourth-order valence-corrected chi connectivity index (χ4v) is 2.75. The Labute approximate surface area is 146 Å².